The van der Waals surface area contributed by atoms with E-state index in [2.05, 4.69) is 45.7 Å². The Balaban J connectivity index is 3.62. The van der Waals surface area contributed by atoms with Gasteiger partial charge in [0.25, 0.3) is 5.91 Å². The smallest absolute Gasteiger partial charge is 0.252 e. The van der Waals surface area contributed by atoms with Gasteiger partial charge in [-0.15, -0.1) is 0 Å². The minimum absolute atomic E-state index is 0.272. The van der Waals surface area contributed by atoms with Gasteiger partial charge in [-0.1, -0.05) is 20.8 Å². The van der Waals surface area contributed by atoms with Crippen LogP contribution in [0.1, 0.15) is 47.0 Å². The number of nitrogens with one attached hydrogen (secondary N) is 6. The summed E-state index contributed by atoms with van der Waals surface area (Å²) in [4.78, 5) is 24.3. The SMILES string of the molecule is CCC(CC)NCCNCCNCCNCCNCCNC(=O)[C@H](O)[C@@H](O)C(=O)C(C)(CC)OC. The van der Waals surface area contributed by atoms with Crippen LogP contribution < -0.4 is 31.9 Å². The highest BCUT2D eigenvalue weighted by Crippen LogP contribution is 2.18. The van der Waals surface area contributed by atoms with Gasteiger partial charge in [-0.25, -0.2) is 0 Å². The monoisotopic (exact) mass is 504 g/mol. The van der Waals surface area contributed by atoms with Crippen molar-refractivity contribution in [1.82, 2.24) is 31.9 Å². The fourth-order valence-electron chi connectivity index (χ4n) is 3.37. The highest BCUT2D eigenvalue weighted by atomic mass is 16.5. The summed E-state index contributed by atoms with van der Waals surface area (Å²) in [5, 5.41) is 39.4. The van der Waals surface area contributed by atoms with Crippen LogP contribution in [0.4, 0.5) is 0 Å². The minimum atomic E-state index is -1.84. The molecule has 0 radical (unpaired) electrons. The van der Waals surface area contributed by atoms with Gasteiger partial charge in [0.15, 0.2) is 18.0 Å². The molecule has 0 heterocycles. The van der Waals surface area contributed by atoms with Crippen LogP contribution >= 0.6 is 0 Å². The fraction of sp³-hybridized carbons (Fsp3) is 0.917. The van der Waals surface area contributed by atoms with E-state index in [9.17, 15) is 19.8 Å². The number of carbonyl (C=O) groups is 2. The second-order valence-corrected chi connectivity index (χ2v) is 8.80. The highest BCUT2D eigenvalue weighted by Gasteiger charge is 2.41. The average molecular weight is 505 g/mol. The van der Waals surface area contributed by atoms with E-state index in [1.807, 2.05) is 0 Å². The van der Waals surface area contributed by atoms with Crippen molar-refractivity contribution in [3.8, 4) is 0 Å². The van der Waals surface area contributed by atoms with Crippen LogP contribution in [0.3, 0.4) is 0 Å². The number of ether oxygens (including phenoxy) is 1. The summed E-state index contributed by atoms with van der Waals surface area (Å²) in [5.74, 6) is -1.51. The van der Waals surface area contributed by atoms with Crippen molar-refractivity contribution < 1.29 is 24.5 Å². The predicted octanol–water partition coefficient (Wildman–Crippen LogP) is -1.65. The molecule has 0 rings (SSSR count). The molecule has 0 saturated heterocycles. The van der Waals surface area contributed by atoms with E-state index >= 15 is 0 Å². The lowest BCUT2D eigenvalue weighted by Crippen LogP contribution is -2.53. The Hall–Kier alpha value is -1.18. The molecule has 0 bridgehead atoms. The van der Waals surface area contributed by atoms with Gasteiger partial charge in [-0.05, 0) is 26.2 Å². The molecule has 0 aromatic rings. The molecular weight excluding hydrogens is 452 g/mol. The molecule has 0 aliphatic carbocycles. The number of hydrogen-bond acceptors (Lipinski definition) is 10. The Morgan fingerprint density at radius 2 is 1.17 bits per heavy atom. The topological polar surface area (TPSA) is 156 Å². The number of methoxy groups -OCH3 is 1. The van der Waals surface area contributed by atoms with E-state index in [-0.39, 0.29) is 6.54 Å². The molecule has 3 atom stereocenters. The average Bonchev–Trinajstić information content (AvgIpc) is 2.88. The Morgan fingerprint density at radius 3 is 1.57 bits per heavy atom. The number of rotatable bonds is 24. The molecule has 208 valence electrons. The molecule has 8 N–H and O–H groups in total. The Morgan fingerprint density at radius 1 is 0.743 bits per heavy atom. The summed E-state index contributed by atoms with van der Waals surface area (Å²) < 4.78 is 5.13. The number of carbonyl (C=O) groups excluding carboxylic acids is 2. The van der Waals surface area contributed by atoms with Gasteiger partial charge in [0.1, 0.15) is 5.60 Å². The molecule has 0 fully saturated rings. The highest BCUT2D eigenvalue weighted by molar-refractivity contribution is 5.96. The fourth-order valence-corrected chi connectivity index (χ4v) is 3.37. The standard InChI is InChI=1S/C24H52N6O5/c1-6-19(7-2)29-17-15-27-13-11-25-9-10-26-12-14-28-16-18-30-23(34)21(32)20(31)22(33)24(4,8-3)35-5/h19-21,25-29,31-32H,6-18H2,1-5H3,(H,30,34)/t20-,21-,24?/m1/s1. The first-order valence-corrected chi connectivity index (χ1v) is 13.1. The van der Waals surface area contributed by atoms with Crippen molar-refractivity contribution in [3.05, 3.63) is 0 Å². The van der Waals surface area contributed by atoms with Gasteiger partial charge >= 0.3 is 0 Å². The molecule has 11 nitrogen and oxygen atoms in total. The molecule has 0 aliphatic rings. The van der Waals surface area contributed by atoms with Crippen LogP contribution in [0.25, 0.3) is 0 Å². The van der Waals surface area contributed by atoms with Gasteiger partial charge in [0.2, 0.25) is 0 Å². The Kier molecular flexibility index (Phi) is 20.3. The molecule has 1 unspecified atom stereocenters. The van der Waals surface area contributed by atoms with Crippen LogP contribution in [-0.2, 0) is 14.3 Å². The van der Waals surface area contributed by atoms with Gasteiger partial charge in [0.05, 0.1) is 0 Å². The first kappa shape index (κ1) is 33.8. The first-order valence-electron chi connectivity index (χ1n) is 13.1. The zero-order valence-electron chi connectivity index (χ0n) is 22.5. The number of aliphatic hydroxyl groups is 2. The first-order chi connectivity index (χ1) is 16.8. The second-order valence-electron chi connectivity index (χ2n) is 8.80. The van der Waals surface area contributed by atoms with E-state index in [0.29, 0.717) is 19.0 Å². The van der Waals surface area contributed by atoms with E-state index < -0.39 is 29.5 Å². The lowest BCUT2D eigenvalue weighted by Gasteiger charge is -2.28. The molecule has 35 heavy (non-hydrogen) atoms. The van der Waals surface area contributed by atoms with Crippen molar-refractivity contribution in [3.63, 3.8) is 0 Å². The molecular formula is C24H52N6O5. The largest absolute Gasteiger partial charge is 0.382 e. The Bertz CT molecular complexity index is 546. The van der Waals surface area contributed by atoms with Crippen LogP contribution in [-0.4, -0.2) is 118 Å². The summed E-state index contributed by atoms with van der Waals surface area (Å²) in [7, 11) is 1.35. The van der Waals surface area contributed by atoms with Crippen LogP contribution in [0.15, 0.2) is 0 Å². The molecule has 1 amide bonds. The lowest BCUT2D eigenvalue weighted by atomic mass is 9.91. The van der Waals surface area contributed by atoms with Gasteiger partial charge in [-0.2, -0.15) is 0 Å². The van der Waals surface area contributed by atoms with E-state index in [1.165, 1.54) is 26.9 Å². The van der Waals surface area contributed by atoms with Crippen molar-refractivity contribution in [2.45, 2.75) is 70.8 Å². The molecule has 0 spiro atoms. The van der Waals surface area contributed by atoms with Crippen LogP contribution in [0.5, 0.6) is 0 Å². The quantitative estimate of drug-likeness (QED) is 0.0716. The molecule has 11 heteroatoms. The molecule has 0 saturated carbocycles. The van der Waals surface area contributed by atoms with Crippen LogP contribution in [0, 0.1) is 0 Å². The zero-order valence-corrected chi connectivity index (χ0v) is 22.5. The van der Waals surface area contributed by atoms with E-state index in [1.54, 1.807) is 6.92 Å². The van der Waals surface area contributed by atoms with Crippen molar-refractivity contribution in [2.24, 2.45) is 0 Å². The van der Waals surface area contributed by atoms with Crippen molar-refractivity contribution >= 4 is 11.7 Å². The van der Waals surface area contributed by atoms with Crippen molar-refractivity contribution in [2.75, 3.05) is 72.6 Å². The normalized spacial score (nSPS) is 15.1. The maximum absolute atomic E-state index is 12.3. The number of amides is 1. The summed E-state index contributed by atoms with van der Waals surface area (Å²) in [5.41, 5.74) is -1.24. The van der Waals surface area contributed by atoms with Gasteiger partial charge in [-0.3, -0.25) is 9.59 Å². The van der Waals surface area contributed by atoms with Crippen LogP contribution in [0.2, 0.25) is 0 Å². The maximum Gasteiger partial charge on any atom is 0.252 e. The van der Waals surface area contributed by atoms with Gasteiger partial charge < -0.3 is 46.9 Å². The second kappa shape index (κ2) is 21.0. The molecule has 0 aromatic carbocycles. The summed E-state index contributed by atoms with van der Waals surface area (Å²) in [6.45, 7) is 15.6. The maximum atomic E-state index is 12.3. The Labute approximate surface area is 211 Å². The molecule has 0 aromatic heterocycles. The number of hydrogen-bond donors (Lipinski definition) is 8. The van der Waals surface area contributed by atoms with E-state index in [4.69, 9.17) is 4.74 Å². The third kappa shape index (κ3) is 14.8. The minimum Gasteiger partial charge on any atom is -0.382 e. The summed E-state index contributed by atoms with van der Waals surface area (Å²) >= 11 is 0. The third-order valence-corrected chi connectivity index (χ3v) is 6.24. The molecule has 0 aliphatic heterocycles. The number of ketones is 1. The van der Waals surface area contributed by atoms with Crippen molar-refractivity contribution in [1.29, 1.82) is 0 Å². The van der Waals surface area contributed by atoms with Gasteiger partial charge in [0, 0.05) is 78.6 Å². The zero-order chi connectivity index (χ0) is 26.5. The lowest BCUT2D eigenvalue weighted by molar-refractivity contribution is -0.158. The summed E-state index contributed by atoms with van der Waals surface area (Å²) in [6, 6.07) is 0.622. The summed E-state index contributed by atoms with van der Waals surface area (Å²) in [6.07, 6.45) is -1.01. The third-order valence-electron chi connectivity index (χ3n) is 6.24. The van der Waals surface area contributed by atoms with E-state index in [0.717, 1.165) is 52.4 Å². The number of Topliss-reactive ketones (excluding diaryl/α,β-unsaturated/α-hetero) is 1. The number of aliphatic hydroxyl groups excluding tert-OH is 2. The predicted molar refractivity (Wildman–Crippen MR) is 140 cm³/mol.